The van der Waals surface area contributed by atoms with Crippen molar-refractivity contribution in [2.75, 3.05) is 30.3 Å². The van der Waals surface area contributed by atoms with E-state index in [9.17, 15) is 5.11 Å². The molecule has 3 N–H and O–H groups in total. The van der Waals surface area contributed by atoms with E-state index in [1.807, 2.05) is 18.2 Å². The van der Waals surface area contributed by atoms with Gasteiger partial charge in [-0.1, -0.05) is 18.6 Å². The Kier molecular flexibility index (Phi) is 2.51. The molecule has 1 aromatic carbocycles. The van der Waals surface area contributed by atoms with Crippen molar-refractivity contribution in [1.82, 2.24) is 0 Å². The highest BCUT2D eigenvalue weighted by Crippen LogP contribution is 2.49. The predicted octanol–water partition coefficient (Wildman–Crippen LogP) is 1.87. The molecule has 1 aliphatic carbocycles. The van der Waals surface area contributed by atoms with Crippen LogP contribution in [0.2, 0.25) is 0 Å². The minimum atomic E-state index is 0.141. The molecular weight excluding hydrogens is 212 g/mol. The van der Waals surface area contributed by atoms with Crippen molar-refractivity contribution in [3.63, 3.8) is 0 Å². The molecule has 0 bridgehead atoms. The Morgan fingerprint density at radius 2 is 2.24 bits per heavy atom. The lowest BCUT2D eigenvalue weighted by molar-refractivity contribution is 0.121. The zero-order chi connectivity index (χ0) is 11.9. The number of nitrogen functional groups attached to an aromatic ring is 1. The molecule has 2 fully saturated rings. The van der Waals surface area contributed by atoms with E-state index in [4.69, 9.17) is 5.73 Å². The lowest BCUT2D eigenvalue weighted by Crippen LogP contribution is -2.31. The second kappa shape index (κ2) is 3.91. The summed E-state index contributed by atoms with van der Waals surface area (Å²) in [5, 5.41) is 9.70. The Morgan fingerprint density at radius 1 is 1.41 bits per heavy atom. The zero-order valence-electron chi connectivity index (χ0n) is 10.1. The molecule has 3 heteroatoms. The molecule has 0 aromatic heterocycles. The summed E-state index contributed by atoms with van der Waals surface area (Å²) in [6.45, 7) is 2.33. The lowest BCUT2D eigenvalue weighted by atomic mass is 9.82. The summed E-state index contributed by atoms with van der Waals surface area (Å²) in [6, 6.07) is 8.04. The average Bonchev–Trinajstić information content (AvgIpc) is 2.86. The number of rotatable bonds is 2. The average molecular weight is 232 g/mol. The van der Waals surface area contributed by atoms with Gasteiger partial charge in [0.15, 0.2) is 0 Å². The van der Waals surface area contributed by atoms with Gasteiger partial charge in [0.1, 0.15) is 0 Å². The quantitative estimate of drug-likeness (QED) is 0.765. The third kappa shape index (κ3) is 1.61. The Bertz CT molecular complexity index is 420. The van der Waals surface area contributed by atoms with Crippen LogP contribution in [0.3, 0.4) is 0 Å². The van der Waals surface area contributed by atoms with Gasteiger partial charge in [-0.05, 0) is 30.9 Å². The van der Waals surface area contributed by atoms with Crippen LogP contribution >= 0.6 is 0 Å². The van der Waals surface area contributed by atoms with Crippen LogP contribution < -0.4 is 10.6 Å². The van der Waals surface area contributed by atoms with Crippen LogP contribution in [-0.4, -0.2) is 24.8 Å². The highest BCUT2D eigenvalue weighted by molar-refractivity contribution is 5.68. The second-order valence-electron chi connectivity index (χ2n) is 5.55. The first-order chi connectivity index (χ1) is 8.25. The molecule has 1 saturated carbocycles. The summed E-state index contributed by atoms with van der Waals surface area (Å²) in [5.41, 5.74) is 8.15. The van der Waals surface area contributed by atoms with Gasteiger partial charge >= 0.3 is 0 Å². The van der Waals surface area contributed by atoms with Crippen molar-refractivity contribution < 1.29 is 5.11 Å². The molecule has 1 aliphatic heterocycles. The largest absolute Gasteiger partial charge is 0.397 e. The fourth-order valence-corrected chi connectivity index (χ4v) is 3.63. The number of anilines is 2. The van der Waals surface area contributed by atoms with Crippen molar-refractivity contribution in [3.8, 4) is 0 Å². The van der Waals surface area contributed by atoms with Crippen LogP contribution in [0, 0.1) is 11.3 Å². The van der Waals surface area contributed by atoms with Gasteiger partial charge in [-0.15, -0.1) is 0 Å². The lowest BCUT2D eigenvalue weighted by Gasteiger charge is -2.27. The highest BCUT2D eigenvalue weighted by atomic mass is 16.3. The monoisotopic (exact) mass is 232 g/mol. The van der Waals surface area contributed by atoms with Crippen molar-refractivity contribution in [2.45, 2.75) is 19.3 Å². The van der Waals surface area contributed by atoms with Crippen molar-refractivity contribution in [1.29, 1.82) is 0 Å². The maximum atomic E-state index is 9.70. The van der Waals surface area contributed by atoms with Gasteiger partial charge in [0.25, 0.3) is 0 Å². The molecule has 2 aliphatic rings. The summed E-state index contributed by atoms with van der Waals surface area (Å²) in [5.74, 6) is 0.645. The van der Waals surface area contributed by atoms with Crippen molar-refractivity contribution in [3.05, 3.63) is 24.3 Å². The smallest absolute Gasteiger partial charge is 0.0600 e. The topological polar surface area (TPSA) is 49.5 Å². The van der Waals surface area contributed by atoms with Crippen molar-refractivity contribution >= 4 is 11.4 Å². The SMILES string of the molecule is Nc1ccccc1N1C[C@@H]2CCC[C@]2(CO)C1. The first-order valence-electron chi connectivity index (χ1n) is 6.45. The molecule has 0 amide bonds. The Labute approximate surface area is 102 Å². The van der Waals surface area contributed by atoms with E-state index in [0.717, 1.165) is 30.9 Å². The normalized spacial score (nSPS) is 31.8. The number of benzene rings is 1. The van der Waals surface area contributed by atoms with E-state index in [1.54, 1.807) is 0 Å². The first-order valence-corrected chi connectivity index (χ1v) is 6.45. The molecule has 1 heterocycles. The van der Waals surface area contributed by atoms with Gasteiger partial charge in [-0.2, -0.15) is 0 Å². The Morgan fingerprint density at radius 3 is 2.94 bits per heavy atom. The summed E-state index contributed by atoms with van der Waals surface area (Å²) >= 11 is 0. The van der Waals surface area contributed by atoms with Crippen LogP contribution in [0.1, 0.15) is 19.3 Å². The summed E-state index contributed by atoms with van der Waals surface area (Å²) in [6.07, 6.45) is 3.69. The van der Waals surface area contributed by atoms with Crippen LogP contribution in [-0.2, 0) is 0 Å². The molecule has 17 heavy (non-hydrogen) atoms. The number of hydrogen-bond donors (Lipinski definition) is 2. The number of fused-ring (bicyclic) bond motifs is 1. The third-order valence-electron chi connectivity index (χ3n) is 4.63. The third-order valence-corrected chi connectivity index (χ3v) is 4.63. The zero-order valence-corrected chi connectivity index (χ0v) is 10.1. The minimum Gasteiger partial charge on any atom is -0.397 e. The van der Waals surface area contributed by atoms with Crippen LogP contribution in [0.25, 0.3) is 0 Å². The fourth-order valence-electron chi connectivity index (χ4n) is 3.63. The van der Waals surface area contributed by atoms with E-state index in [2.05, 4.69) is 11.0 Å². The molecule has 92 valence electrons. The first kappa shape index (κ1) is 10.9. The van der Waals surface area contributed by atoms with Gasteiger partial charge in [0.2, 0.25) is 0 Å². The van der Waals surface area contributed by atoms with Gasteiger partial charge < -0.3 is 15.7 Å². The van der Waals surface area contributed by atoms with Gasteiger partial charge in [0, 0.05) is 18.5 Å². The van der Waals surface area contributed by atoms with Gasteiger partial charge in [-0.25, -0.2) is 0 Å². The number of hydrogen-bond acceptors (Lipinski definition) is 3. The minimum absolute atomic E-state index is 0.141. The number of nitrogens with zero attached hydrogens (tertiary/aromatic N) is 1. The van der Waals surface area contributed by atoms with Crippen molar-refractivity contribution in [2.24, 2.45) is 11.3 Å². The van der Waals surface area contributed by atoms with E-state index >= 15 is 0 Å². The molecule has 3 rings (SSSR count). The van der Waals surface area contributed by atoms with E-state index in [0.29, 0.717) is 12.5 Å². The molecule has 0 unspecified atom stereocenters. The molecular formula is C14H20N2O. The van der Waals surface area contributed by atoms with E-state index < -0.39 is 0 Å². The number of para-hydroxylation sites is 2. The molecule has 2 atom stereocenters. The Balaban J connectivity index is 1.87. The molecule has 0 radical (unpaired) electrons. The molecule has 0 spiro atoms. The summed E-state index contributed by atoms with van der Waals surface area (Å²) in [4.78, 5) is 2.36. The number of aliphatic hydroxyl groups excluding tert-OH is 1. The van der Waals surface area contributed by atoms with Gasteiger partial charge in [-0.3, -0.25) is 0 Å². The highest BCUT2D eigenvalue weighted by Gasteiger charge is 2.49. The van der Waals surface area contributed by atoms with Crippen LogP contribution in [0.5, 0.6) is 0 Å². The van der Waals surface area contributed by atoms with Gasteiger partial charge in [0.05, 0.1) is 18.0 Å². The standard InChI is InChI=1S/C14H20N2O/c15-12-5-1-2-6-13(12)16-8-11-4-3-7-14(11,9-16)10-17/h1-2,5-6,11,17H,3-4,7-10,15H2/t11-,14+/m0/s1. The maximum absolute atomic E-state index is 9.70. The second-order valence-corrected chi connectivity index (χ2v) is 5.55. The van der Waals surface area contributed by atoms with Crippen LogP contribution in [0.15, 0.2) is 24.3 Å². The number of nitrogens with two attached hydrogens (primary N) is 1. The van der Waals surface area contributed by atoms with E-state index in [-0.39, 0.29) is 5.41 Å². The molecule has 3 nitrogen and oxygen atoms in total. The summed E-state index contributed by atoms with van der Waals surface area (Å²) in [7, 11) is 0. The van der Waals surface area contributed by atoms with E-state index in [1.165, 1.54) is 12.8 Å². The molecule has 1 aromatic rings. The number of aliphatic hydroxyl groups is 1. The Hall–Kier alpha value is -1.22. The maximum Gasteiger partial charge on any atom is 0.0600 e. The predicted molar refractivity (Wildman–Crippen MR) is 69.9 cm³/mol. The summed E-state index contributed by atoms with van der Waals surface area (Å²) < 4.78 is 0. The fraction of sp³-hybridized carbons (Fsp3) is 0.571. The molecule has 1 saturated heterocycles. The van der Waals surface area contributed by atoms with Crippen LogP contribution in [0.4, 0.5) is 11.4 Å².